The highest BCUT2D eigenvalue weighted by Crippen LogP contribution is 2.48. The quantitative estimate of drug-likeness (QED) is 0.682. The lowest BCUT2D eigenvalue weighted by molar-refractivity contribution is -0.124. The van der Waals surface area contributed by atoms with Crippen molar-refractivity contribution in [2.75, 3.05) is 14.1 Å². The lowest BCUT2D eigenvalue weighted by atomic mass is 9.84. The summed E-state index contributed by atoms with van der Waals surface area (Å²) in [6.07, 6.45) is 0. The molecule has 20 heavy (non-hydrogen) atoms. The lowest BCUT2D eigenvalue weighted by Crippen LogP contribution is -2.31. The molecule has 2 heterocycles. The summed E-state index contributed by atoms with van der Waals surface area (Å²) >= 11 is 0. The van der Waals surface area contributed by atoms with Gasteiger partial charge in [0.2, 0.25) is 0 Å². The lowest BCUT2D eigenvalue weighted by Gasteiger charge is -2.25. The average Bonchev–Trinajstić information content (AvgIpc) is 2.63. The van der Waals surface area contributed by atoms with Crippen molar-refractivity contribution in [2.24, 2.45) is 10.8 Å². The summed E-state index contributed by atoms with van der Waals surface area (Å²) in [7, 11) is 3.52. The van der Waals surface area contributed by atoms with Crippen LogP contribution >= 0.6 is 0 Å². The van der Waals surface area contributed by atoms with Crippen LogP contribution in [0, 0.1) is 10.8 Å². The second-order valence-electron chi connectivity index (χ2n) is 7.68. The molecule has 4 nitrogen and oxygen atoms in total. The first-order chi connectivity index (χ1) is 8.89. The van der Waals surface area contributed by atoms with Crippen molar-refractivity contribution in [1.82, 2.24) is 9.80 Å². The molecule has 0 unspecified atom stereocenters. The number of hydrogen-bond acceptors (Lipinski definition) is 2. The normalized spacial score (nSPS) is 20.6. The SMILES string of the molecule is CN1C(=O)C(C(C)(C)C)=C2C1=C(C(C)(C)C)C(=O)N2C. The Kier molecular flexibility index (Phi) is 2.94. The monoisotopic (exact) mass is 276 g/mol. The molecule has 0 aliphatic carbocycles. The molecule has 2 amide bonds. The molecule has 0 saturated carbocycles. The van der Waals surface area contributed by atoms with Crippen LogP contribution < -0.4 is 0 Å². The van der Waals surface area contributed by atoms with Gasteiger partial charge in [-0.2, -0.15) is 0 Å². The van der Waals surface area contributed by atoms with Crippen molar-refractivity contribution in [1.29, 1.82) is 0 Å². The van der Waals surface area contributed by atoms with Gasteiger partial charge in [-0.05, 0) is 10.8 Å². The Hall–Kier alpha value is -1.58. The van der Waals surface area contributed by atoms with E-state index in [1.807, 2.05) is 41.5 Å². The summed E-state index contributed by atoms with van der Waals surface area (Å²) < 4.78 is 0. The summed E-state index contributed by atoms with van der Waals surface area (Å²) in [5, 5.41) is 0. The number of carbonyl (C=O) groups excluding carboxylic acids is 2. The van der Waals surface area contributed by atoms with E-state index in [2.05, 4.69) is 0 Å². The molecule has 0 saturated heterocycles. The molecule has 4 heteroatoms. The van der Waals surface area contributed by atoms with E-state index in [0.29, 0.717) is 0 Å². The molecule has 0 spiro atoms. The molecule has 0 aromatic carbocycles. The van der Waals surface area contributed by atoms with Gasteiger partial charge < -0.3 is 9.80 Å². The molecule has 2 aliphatic heterocycles. The minimum Gasteiger partial charge on any atom is -0.309 e. The highest BCUT2D eigenvalue weighted by molar-refractivity contribution is 6.10. The third-order valence-electron chi connectivity index (χ3n) is 3.91. The highest BCUT2D eigenvalue weighted by atomic mass is 16.2. The van der Waals surface area contributed by atoms with E-state index in [-0.39, 0.29) is 22.6 Å². The van der Waals surface area contributed by atoms with Gasteiger partial charge in [-0.3, -0.25) is 9.59 Å². The zero-order valence-corrected chi connectivity index (χ0v) is 13.7. The fourth-order valence-corrected chi connectivity index (χ4v) is 2.98. The largest absolute Gasteiger partial charge is 0.309 e. The first-order valence-corrected chi connectivity index (χ1v) is 6.95. The summed E-state index contributed by atoms with van der Waals surface area (Å²) in [6.45, 7) is 12.1. The van der Waals surface area contributed by atoms with Crippen molar-refractivity contribution in [3.8, 4) is 0 Å². The standard InChI is InChI=1S/C16H24N2O2/c1-15(2,3)9-11-12(18(8)13(9)19)10(16(4,5)6)14(20)17(11)7/h1-8H3. The number of fused-ring (bicyclic) bond motifs is 1. The minimum atomic E-state index is -0.287. The maximum atomic E-state index is 12.6. The Labute approximate surface area is 121 Å². The smallest absolute Gasteiger partial charge is 0.256 e. The van der Waals surface area contributed by atoms with Gasteiger partial charge in [0, 0.05) is 25.2 Å². The Bertz CT molecular complexity index is 516. The fraction of sp³-hybridized carbons (Fsp3) is 0.625. The first kappa shape index (κ1) is 14.8. The van der Waals surface area contributed by atoms with Crippen molar-refractivity contribution >= 4 is 11.8 Å². The number of likely N-dealkylation sites (N-methyl/N-ethyl adjacent to an activating group) is 2. The molecule has 0 bridgehead atoms. The molecule has 2 aliphatic rings. The summed E-state index contributed by atoms with van der Waals surface area (Å²) in [5.74, 6) is 0.00667. The molecule has 0 aromatic heterocycles. The molecule has 0 atom stereocenters. The van der Waals surface area contributed by atoms with Crippen LogP contribution in [0.4, 0.5) is 0 Å². The summed E-state index contributed by atoms with van der Waals surface area (Å²) in [6, 6.07) is 0. The first-order valence-electron chi connectivity index (χ1n) is 6.95. The Balaban J connectivity index is 2.82. The molecule has 2 rings (SSSR count). The van der Waals surface area contributed by atoms with Gasteiger partial charge in [0.25, 0.3) is 11.8 Å². The van der Waals surface area contributed by atoms with Gasteiger partial charge in [-0.1, -0.05) is 41.5 Å². The predicted molar refractivity (Wildman–Crippen MR) is 78.5 cm³/mol. The Morgan fingerprint density at radius 1 is 0.650 bits per heavy atom. The van der Waals surface area contributed by atoms with E-state index in [1.165, 1.54) is 0 Å². The number of rotatable bonds is 0. The van der Waals surface area contributed by atoms with E-state index >= 15 is 0 Å². The maximum absolute atomic E-state index is 12.6. The van der Waals surface area contributed by atoms with Gasteiger partial charge in [0.15, 0.2) is 0 Å². The van der Waals surface area contributed by atoms with Crippen molar-refractivity contribution in [2.45, 2.75) is 41.5 Å². The molecule has 0 N–H and O–H groups in total. The molecular formula is C16H24N2O2. The zero-order chi connectivity index (χ0) is 15.6. The number of hydrogen-bond donors (Lipinski definition) is 0. The van der Waals surface area contributed by atoms with Crippen LogP contribution in [0.25, 0.3) is 0 Å². The number of carbonyl (C=O) groups is 2. The van der Waals surface area contributed by atoms with Crippen LogP contribution in [0.1, 0.15) is 41.5 Å². The van der Waals surface area contributed by atoms with E-state index in [1.54, 1.807) is 23.9 Å². The minimum absolute atomic E-state index is 0.00333. The average molecular weight is 276 g/mol. The van der Waals surface area contributed by atoms with Gasteiger partial charge in [-0.15, -0.1) is 0 Å². The van der Waals surface area contributed by atoms with E-state index in [9.17, 15) is 9.59 Å². The van der Waals surface area contributed by atoms with E-state index < -0.39 is 0 Å². The van der Waals surface area contributed by atoms with Crippen LogP contribution in [0.3, 0.4) is 0 Å². The fourth-order valence-electron chi connectivity index (χ4n) is 2.98. The van der Waals surface area contributed by atoms with Crippen molar-refractivity contribution in [3.63, 3.8) is 0 Å². The molecule has 0 radical (unpaired) electrons. The van der Waals surface area contributed by atoms with Gasteiger partial charge in [0.05, 0.1) is 11.4 Å². The van der Waals surface area contributed by atoms with Gasteiger partial charge in [-0.25, -0.2) is 0 Å². The third kappa shape index (κ3) is 1.81. The topological polar surface area (TPSA) is 40.6 Å². The van der Waals surface area contributed by atoms with Crippen molar-refractivity contribution in [3.05, 3.63) is 22.5 Å². The van der Waals surface area contributed by atoms with Gasteiger partial charge >= 0.3 is 0 Å². The predicted octanol–water partition coefficient (Wildman–Crippen LogP) is 2.53. The summed E-state index contributed by atoms with van der Waals surface area (Å²) in [4.78, 5) is 28.4. The second-order valence-corrected chi connectivity index (χ2v) is 7.68. The van der Waals surface area contributed by atoms with Crippen LogP contribution in [-0.4, -0.2) is 35.7 Å². The summed E-state index contributed by atoms with van der Waals surface area (Å²) in [5.41, 5.74) is 2.46. The zero-order valence-electron chi connectivity index (χ0n) is 13.7. The second kappa shape index (κ2) is 3.96. The Morgan fingerprint density at radius 3 is 1.10 bits per heavy atom. The molecular weight excluding hydrogens is 252 g/mol. The molecule has 0 aromatic rings. The molecule has 0 fully saturated rings. The van der Waals surface area contributed by atoms with Crippen LogP contribution in [0.2, 0.25) is 0 Å². The highest BCUT2D eigenvalue weighted by Gasteiger charge is 2.50. The number of amides is 2. The van der Waals surface area contributed by atoms with Crippen LogP contribution in [-0.2, 0) is 9.59 Å². The molecule has 110 valence electrons. The Morgan fingerprint density at radius 2 is 0.900 bits per heavy atom. The van der Waals surface area contributed by atoms with Crippen LogP contribution in [0.15, 0.2) is 22.5 Å². The van der Waals surface area contributed by atoms with E-state index in [4.69, 9.17) is 0 Å². The maximum Gasteiger partial charge on any atom is 0.256 e. The van der Waals surface area contributed by atoms with E-state index in [0.717, 1.165) is 22.5 Å². The van der Waals surface area contributed by atoms with Gasteiger partial charge in [0.1, 0.15) is 0 Å². The van der Waals surface area contributed by atoms with Crippen molar-refractivity contribution < 1.29 is 9.59 Å². The van der Waals surface area contributed by atoms with Crippen LogP contribution in [0.5, 0.6) is 0 Å². The third-order valence-corrected chi connectivity index (χ3v) is 3.91. The number of nitrogens with zero attached hydrogens (tertiary/aromatic N) is 2.